The van der Waals surface area contributed by atoms with Gasteiger partial charge in [-0.3, -0.25) is 4.79 Å². The maximum absolute atomic E-state index is 12.4. The molecule has 0 radical (unpaired) electrons. The number of benzene rings is 1. The molecular weight excluding hydrogens is 177 g/mol. The van der Waals surface area contributed by atoms with Crippen LogP contribution in [0.2, 0.25) is 0 Å². The van der Waals surface area contributed by atoms with Crippen molar-refractivity contribution in [3.8, 4) is 0 Å². The first kappa shape index (κ1) is 9.06. The van der Waals surface area contributed by atoms with Gasteiger partial charge in [-0.05, 0) is 36.0 Å². The molecule has 1 aromatic rings. The van der Waals surface area contributed by atoms with Gasteiger partial charge in [-0.1, -0.05) is 0 Å². The molecule has 0 spiro atoms. The Bertz CT molecular complexity index is 273. The lowest BCUT2D eigenvalue weighted by atomic mass is 10.4. The van der Waals surface area contributed by atoms with Crippen molar-refractivity contribution in [3.63, 3.8) is 0 Å². The zero-order chi connectivity index (χ0) is 8.97. The van der Waals surface area contributed by atoms with E-state index in [9.17, 15) is 9.18 Å². The largest absolute Gasteiger partial charge is 0.350 e. The first-order chi connectivity index (χ1) is 5.72. The van der Waals surface area contributed by atoms with Crippen LogP contribution in [0.3, 0.4) is 0 Å². The van der Waals surface area contributed by atoms with E-state index >= 15 is 0 Å². The Hall–Kier alpha value is -1.03. The van der Waals surface area contributed by atoms with Crippen LogP contribution in [0.1, 0.15) is 0 Å². The minimum Gasteiger partial charge on any atom is -0.350 e. The van der Waals surface area contributed by atoms with Crippen LogP contribution in [-0.4, -0.2) is 12.3 Å². The van der Waals surface area contributed by atoms with E-state index in [1.54, 1.807) is 19.2 Å². The van der Waals surface area contributed by atoms with Gasteiger partial charge in [0.25, 0.3) is 5.24 Å². The smallest absolute Gasteiger partial charge is 0.283 e. The van der Waals surface area contributed by atoms with Crippen molar-refractivity contribution in [1.29, 1.82) is 0 Å². The molecule has 2 nitrogen and oxygen atoms in total. The van der Waals surface area contributed by atoms with Crippen molar-refractivity contribution in [1.82, 2.24) is 5.32 Å². The van der Waals surface area contributed by atoms with Crippen molar-refractivity contribution >= 4 is 17.0 Å². The number of nitrogens with one attached hydrogen (secondary N) is 1. The normalized spacial score (nSPS) is 9.50. The zero-order valence-electron chi connectivity index (χ0n) is 6.50. The molecule has 0 aliphatic rings. The Morgan fingerprint density at radius 2 is 2.00 bits per heavy atom. The van der Waals surface area contributed by atoms with Crippen molar-refractivity contribution < 1.29 is 9.18 Å². The molecule has 0 saturated carbocycles. The molecule has 0 heterocycles. The van der Waals surface area contributed by atoms with Crippen molar-refractivity contribution in [2.24, 2.45) is 0 Å². The maximum atomic E-state index is 12.4. The lowest BCUT2D eigenvalue weighted by Gasteiger charge is -1.98. The second kappa shape index (κ2) is 4.11. The summed E-state index contributed by atoms with van der Waals surface area (Å²) >= 11 is 1.04. The molecule has 1 rings (SSSR count). The Morgan fingerprint density at radius 1 is 1.42 bits per heavy atom. The van der Waals surface area contributed by atoms with Crippen LogP contribution in [0.25, 0.3) is 0 Å². The highest BCUT2D eigenvalue weighted by Crippen LogP contribution is 2.17. The Labute approximate surface area is 74.2 Å². The van der Waals surface area contributed by atoms with Gasteiger partial charge in [-0.15, -0.1) is 0 Å². The second-order valence-corrected chi connectivity index (χ2v) is 3.14. The summed E-state index contributed by atoms with van der Waals surface area (Å²) < 4.78 is 12.4. The number of thioether (sulfide) groups is 1. The third kappa shape index (κ3) is 2.54. The predicted molar refractivity (Wildman–Crippen MR) is 46.7 cm³/mol. The standard InChI is InChI=1S/C8H8FNOS/c1-10-8(11)12-7-4-2-6(9)3-5-7/h2-5H,1H3,(H,10,11). The lowest BCUT2D eigenvalue weighted by molar-refractivity contribution is 0.262. The molecule has 0 aliphatic carbocycles. The summed E-state index contributed by atoms with van der Waals surface area (Å²) in [5, 5.41) is 2.31. The molecule has 1 amide bonds. The predicted octanol–water partition coefficient (Wildman–Crippen LogP) is 2.26. The number of hydrogen-bond donors (Lipinski definition) is 1. The third-order valence-electron chi connectivity index (χ3n) is 1.23. The Morgan fingerprint density at radius 3 is 2.50 bits per heavy atom. The highest BCUT2D eigenvalue weighted by Gasteiger charge is 2.00. The van der Waals surface area contributed by atoms with Crippen LogP contribution < -0.4 is 5.32 Å². The topological polar surface area (TPSA) is 29.1 Å². The van der Waals surface area contributed by atoms with E-state index in [1.807, 2.05) is 0 Å². The fourth-order valence-electron chi connectivity index (χ4n) is 0.661. The molecule has 0 aliphatic heterocycles. The Kier molecular flexibility index (Phi) is 3.10. The van der Waals surface area contributed by atoms with Crippen LogP contribution >= 0.6 is 11.8 Å². The average molecular weight is 185 g/mol. The third-order valence-corrected chi connectivity index (χ3v) is 2.13. The molecular formula is C8H8FNOS. The van der Waals surface area contributed by atoms with E-state index in [1.165, 1.54) is 12.1 Å². The highest BCUT2D eigenvalue weighted by atomic mass is 32.2. The van der Waals surface area contributed by atoms with E-state index in [0.717, 1.165) is 16.7 Å². The van der Waals surface area contributed by atoms with E-state index in [4.69, 9.17) is 0 Å². The highest BCUT2D eigenvalue weighted by molar-refractivity contribution is 8.13. The van der Waals surface area contributed by atoms with Crippen LogP contribution in [-0.2, 0) is 0 Å². The number of halogens is 1. The van der Waals surface area contributed by atoms with Gasteiger partial charge in [0.1, 0.15) is 5.82 Å². The monoisotopic (exact) mass is 185 g/mol. The molecule has 1 aromatic carbocycles. The molecule has 4 heteroatoms. The first-order valence-electron chi connectivity index (χ1n) is 3.37. The number of carbonyl (C=O) groups is 1. The summed E-state index contributed by atoms with van der Waals surface area (Å²) in [5.74, 6) is -0.295. The quantitative estimate of drug-likeness (QED) is 0.680. The molecule has 0 saturated heterocycles. The number of rotatable bonds is 1. The van der Waals surface area contributed by atoms with Gasteiger partial charge in [0.2, 0.25) is 0 Å². The van der Waals surface area contributed by atoms with Crippen LogP contribution in [0.4, 0.5) is 9.18 Å². The number of hydrogen-bond acceptors (Lipinski definition) is 2. The van der Waals surface area contributed by atoms with Gasteiger partial charge >= 0.3 is 0 Å². The van der Waals surface area contributed by atoms with Gasteiger partial charge < -0.3 is 5.32 Å². The zero-order valence-corrected chi connectivity index (χ0v) is 7.32. The van der Waals surface area contributed by atoms with Crippen LogP contribution in [0, 0.1) is 5.82 Å². The average Bonchev–Trinajstić information content (AvgIpc) is 2.09. The van der Waals surface area contributed by atoms with Gasteiger partial charge in [0.15, 0.2) is 0 Å². The fourth-order valence-corrected chi connectivity index (χ4v) is 1.25. The fraction of sp³-hybridized carbons (Fsp3) is 0.125. The van der Waals surface area contributed by atoms with Gasteiger partial charge in [-0.25, -0.2) is 4.39 Å². The SMILES string of the molecule is CNC(=O)Sc1ccc(F)cc1. The number of amides is 1. The molecule has 0 unspecified atom stereocenters. The van der Waals surface area contributed by atoms with Crippen LogP contribution in [0.15, 0.2) is 29.2 Å². The molecule has 1 N–H and O–H groups in total. The minimum absolute atomic E-state index is 0.151. The summed E-state index contributed by atoms with van der Waals surface area (Å²) in [6, 6.07) is 5.78. The van der Waals surface area contributed by atoms with E-state index in [-0.39, 0.29) is 11.1 Å². The summed E-state index contributed by atoms with van der Waals surface area (Å²) in [4.78, 5) is 11.6. The first-order valence-corrected chi connectivity index (χ1v) is 4.19. The van der Waals surface area contributed by atoms with E-state index < -0.39 is 0 Å². The Balaban J connectivity index is 2.64. The van der Waals surface area contributed by atoms with Crippen molar-refractivity contribution in [2.75, 3.05) is 7.05 Å². The summed E-state index contributed by atoms with van der Waals surface area (Å²) in [6.07, 6.45) is 0. The van der Waals surface area contributed by atoms with Gasteiger partial charge in [0, 0.05) is 11.9 Å². The second-order valence-electron chi connectivity index (χ2n) is 2.09. The van der Waals surface area contributed by atoms with Gasteiger partial charge in [-0.2, -0.15) is 0 Å². The van der Waals surface area contributed by atoms with Gasteiger partial charge in [0.05, 0.1) is 0 Å². The van der Waals surface area contributed by atoms with Crippen LogP contribution in [0.5, 0.6) is 0 Å². The molecule has 0 aromatic heterocycles. The number of carbonyl (C=O) groups excluding carboxylic acids is 1. The van der Waals surface area contributed by atoms with E-state index in [0.29, 0.717) is 0 Å². The van der Waals surface area contributed by atoms with Crippen molar-refractivity contribution in [3.05, 3.63) is 30.1 Å². The molecule has 64 valence electrons. The summed E-state index contributed by atoms with van der Waals surface area (Å²) in [6.45, 7) is 0. The maximum Gasteiger partial charge on any atom is 0.283 e. The lowest BCUT2D eigenvalue weighted by Crippen LogP contribution is -2.10. The molecule has 0 atom stereocenters. The molecule has 0 fully saturated rings. The molecule has 12 heavy (non-hydrogen) atoms. The minimum atomic E-state index is -0.295. The summed E-state index contributed by atoms with van der Waals surface area (Å²) in [7, 11) is 1.55. The summed E-state index contributed by atoms with van der Waals surface area (Å²) in [5.41, 5.74) is 0. The van der Waals surface area contributed by atoms with E-state index in [2.05, 4.69) is 5.32 Å². The van der Waals surface area contributed by atoms with Crippen molar-refractivity contribution in [2.45, 2.75) is 4.90 Å². The molecule has 0 bridgehead atoms.